The molecule has 0 amide bonds. The van der Waals surface area contributed by atoms with E-state index >= 15 is 0 Å². The number of ether oxygens (including phenoxy) is 1. The predicted octanol–water partition coefficient (Wildman–Crippen LogP) is 6.04. The molecule has 0 bridgehead atoms. The summed E-state index contributed by atoms with van der Waals surface area (Å²) in [6.45, 7) is 2.35. The fourth-order valence-electron chi connectivity index (χ4n) is 4.58. The second-order valence-electron chi connectivity index (χ2n) is 7.50. The third-order valence-electron chi connectivity index (χ3n) is 6.31. The Bertz CT molecular complexity index is 390. The van der Waals surface area contributed by atoms with Gasteiger partial charge in [0.25, 0.3) is 0 Å². The minimum absolute atomic E-state index is 0.504. The Balaban J connectivity index is 1.57. The fraction of sp³-hybridized carbons (Fsp3) is 0.714. The molecule has 1 heteroatoms. The molecule has 1 nitrogen and oxygen atoms in total. The first-order chi connectivity index (χ1) is 10.8. The first-order valence-corrected chi connectivity index (χ1v) is 9.42. The van der Waals surface area contributed by atoms with Crippen molar-refractivity contribution in [2.75, 3.05) is 7.11 Å². The molecule has 0 aliphatic heterocycles. The van der Waals surface area contributed by atoms with Crippen LogP contribution in [0.15, 0.2) is 24.3 Å². The maximum atomic E-state index is 5.49. The smallest absolute Gasteiger partial charge is 0.0571 e. The highest BCUT2D eigenvalue weighted by Gasteiger charge is 2.23. The molecule has 22 heavy (non-hydrogen) atoms. The van der Waals surface area contributed by atoms with Crippen LogP contribution in [0.4, 0.5) is 0 Å². The molecule has 0 heterocycles. The van der Waals surface area contributed by atoms with Gasteiger partial charge in [-0.3, -0.25) is 0 Å². The zero-order chi connectivity index (χ0) is 15.4. The third-order valence-corrected chi connectivity index (χ3v) is 6.31. The highest BCUT2D eigenvalue weighted by atomic mass is 16.5. The van der Waals surface area contributed by atoms with Crippen molar-refractivity contribution in [1.29, 1.82) is 0 Å². The summed E-state index contributed by atoms with van der Waals surface area (Å²) in [6.07, 6.45) is 12.6. The summed E-state index contributed by atoms with van der Waals surface area (Å²) in [5.74, 6) is 2.57. The molecule has 0 unspecified atom stereocenters. The number of hydrogen-bond donors (Lipinski definition) is 0. The Kier molecular flexibility index (Phi) is 5.57. The summed E-state index contributed by atoms with van der Waals surface area (Å²) >= 11 is 0. The minimum Gasteiger partial charge on any atom is -0.381 e. The topological polar surface area (TPSA) is 9.23 Å². The van der Waals surface area contributed by atoms with Crippen LogP contribution in [0.25, 0.3) is 0 Å². The lowest BCUT2D eigenvalue weighted by atomic mass is 9.77. The average Bonchev–Trinajstić information content (AvgIpc) is 2.62. The molecule has 2 aliphatic rings. The van der Waals surface area contributed by atoms with Crippen molar-refractivity contribution in [1.82, 2.24) is 0 Å². The molecular weight excluding hydrogens is 268 g/mol. The molecule has 0 aromatic heterocycles. The molecule has 2 saturated carbocycles. The fourth-order valence-corrected chi connectivity index (χ4v) is 4.58. The van der Waals surface area contributed by atoms with Crippen molar-refractivity contribution < 1.29 is 4.74 Å². The van der Waals surface area contributed by atoms with Crippen LogP contribution < -0.4 is 0 Å². The van der Waals surface area contributed by atoms with E-state index in [0.717, 1.165) is 17.8 Å². The van der Waals surface area contributed by atoms with Gasteiger partial charge >= 0.3 is 0 Å². The largest absolute Gasteiger partial charge is 0.381 e. The lowest BCUT2D eigenvalue weighted by Gasteiger charge is -2.29. The minimum atomic E-state index is 0.504. The predicted molar refractivity (Wildman–Crippen MR) is 93.4 cm³/mol. The van der Waals surface area contributed by atoms with Crippen LogP contribution in [0.5, 0.6) is 0 Å². The molecule has 0 saturated heterocycles. The Hall–Kier alpha value is -0.820. The molecule has 3 rings (SSSR count). The Morgan fingerprint density at radius 2 is 1.23 bits per heavy atom. The molecule has 0 N–H and O–H groups in total. The average molecular weight is 300 g/mol. The van der Waals surface area contributed by atoms with Gasteiger partial charge in [-0.05, 0) is 80.2 Å². The van der Waals surface area contributed by atoms with Crippen molar-refractivity contribution in [3.05, 3.63) is 35.4 Å². The van der Waals surface area contributed by atoms with Crippen molar-refractivity contribution in [3.8, 4) is 0 Å². The molecule has 0 radical (unpaired) electrons. The van der Waals surface area contributed by atoms with Crippen molar-refractivity contribution in [2.45, 2.75) is 82.7 Å². The summed E-state index contributed by atoms with van der Waals surface area (Å²) in [7, 11) is 1.85. The summed E-state index contributed by atoms with van der Waals surface area (Å²) in [4.78, 5) is 0. The standard InChI is InChI=1S/C21H32O/c1-3-16-4-6-17(7-5-16)18-8-10-19(11-9-18)20-12-14-21(22-2)15-13-20/h8-11,16-17,20-21H,3-7,12-15H2,1-2H3. The van der Waals surface area contributed by atoms with Crippen molar-refractivity contribution in [2.24, 2.45) is 5.92 Å². The number of rotatable bonds is 4. The molecule has 2 fully saturated rings. The normalized spacial score (nSPS) is 32.8. The molecule has 0 spiro atoms. The summed E-state index contributed by atoms with van der Waals surface area (Å²) in [6, 6.07) is 9.68. The van der Waals surface area contributed by atoms with Gasteiger partial charge in [-0.1, -0.05) is 37.6 Å². The molecule has 1 aromatic carbocycles. The third kappa shape index (κ3) is 3.74. The van der Waals surface area contributed by atoms with E-state index in [1.807, 2.05) is 7.11 Å². The highest BCUT2D eigenvalue weighted by Crippen LogP contribution is 2.38. The maximum Gasteiger partial charge on any atom is 0.0571 e. The van der Waals surface area contributed by atoms with E-state index in [0.29, 0.717) is 6.10 Å². The van der Waals surface area contributed by atoms with E-state index < -0.39 is 0 Å². The Morgan fingerprint density at radius 3 is 1.64 bits per heavy atom. The van der Waals surface area contributed by atoms with E-state index in [9.17, 15) is 0 Å². The van der Waals surface area contributed by atoms with Crippen molar-refractivity contribution >= 4 is 0 Å². The van der Waals surface area contributed by atoms with E-state index in [1.165, 1.54) is 57.8 Å². The lowest BCUT2D eigenvalue weighted by molar-refractivity contribution is 0.0658. The van der Waals surface area contributed by atoms with Crippen LogP contribution in [0, 0.1) is 5.92 Å². The van der Waals surface area contributed by atoms with Crippen LogP contribution in [-0.2, 0) is 4.74 Å². The SMILES string of the molecule is CCC1CCC(c2ccc(C3CCC(OC)CC3)cc2)CC1. The zero-order valence-electron chi connectivity index (χ0n) is 14.4. The van der Waals surface area contributed by atoms with Gasteiger partial charge in [0.05, 0.1) is 6.10 Å². The van der Waals surface area contributed by atoms with E-state index in [1.54, 1.807) is 11.1 Å². The van der Waals surface area contributed by atoms with Gasteiger partial charge in [-0.15, -0.1) is 0 Å². The van der Waals surface area contributed by atoms with Crippen molar-refractivity contribution in [3.63, 3.8) is 0 Å². The monoisotopic (exact) mass is 300 g/mol. The first kappa shape index (κ1) is 16.1. The van der Waals surface area contributed by atoms with Crippen LogP contribution >= 0.6 is 0 Å². The van der Waals surface area contributed by atoms with Crippen LogP contribution in [0.3, 0.4) is 0 Å². The maximum absolute atomic E-state index is 5.49. The van der Waals surface area contributed by atoms with E-state index in [4.69, 9.17) is 4.74 Å². The summed E-state index contributed by atoms with van der Waals surface area (Å²) in [5.41, 5.74) is 3.14. The van der Waals surface area contributed by atoms with Crippen LogP contribution in [0.2, 0.25) is 0 Å². The van der Waals surface area contributed by atoms with E-state index in [-0.39, 0.29) is 0 Å². The lowest BCUT2D eigenvalue weighted by Crippen LogP contribution is -2.19. The van der Waals surface area contributed by atoms with Gasteiger partial charge in [0.1, 0.15) is 0 Å². The number of benzene rings is 1. The first-order valence-electron chi connectivity index (χ1n) is 9.42. The van der Waals surface area contributed by atoms with Gasteiger partial charge in [-0.2, -0.15) is 0 Å². The molecule has 2 aliphatic carbocycles. The Labute approximate surface area is 136 Å². The molecule has 122 valence electrons. The van der Waals surface area contributed by atoms with Gasteiger partial charge in [-0.25, -0.2) is 0 Å². The van der Waals surface area contributed by atoms with Gasteiger partial charge in [0.15, 0.2) is 0 Å². The quantitative estimate of drug-likeness (QED) is 0.658. The summed E-state index contributed by atoms with van der Waals surface area (Å²) < 4.78 is 5.49. The number of hydrogen-bond acceptors (Lipinski definition) is 1. The van der Waals surface area contributed by atoms with E-state index in [2.05, 4.69) is 31.2 Å². The molecule has 1 aromatic rings. The van der Waals surface area contributed by atoms with Gasteiger partial charge in [0, 0.05) is 7.11 Å². The van der Waals surface area contributed by atoms with Gasteiger partial charge < -0.3 is 4.74 Å². The van der Waals surface area contributed by atoms with Gasteiger partial charge in [0.2, 0.25) is 0 Å². The van der Waals surface area contributed by atoms with Crippen LogP contribution in [-0.4, -0.2) is 13.2 Å². The number of methoxy groups -OCH3 is 1. The molecule has 0 atom stereocenters. The Morgan fingerprint density at radius 1 is 0.773 bits per heavy atom. The highest BCUT2D eigenvalue weighted by molar-refractivity contribution is 5.28. The second-order valence-corrected chi connectivity index (χ2v) is 7.50. The molecular formula is C21H32O. The second kappa shape index (κ2) is 7.64. The van der Waals surface area contributed by atoms with Crippen LogP contribution in [0.1, 0.15) is 87.7 Å². The summed E-state index contributed by atoms with van der Waals surface area (Å²) in [5, 5.41) is 0. The zero-order valence-corrected chi connectivity index (χ0v) is 14.4.